The van der Waals surface area contributed by atoms with Crippen molar-refractivity contribution in [3.8, 4) is 5.75 Å². The molecule has 2 aliphatic heterocycles. The SMILES string of the molecule is O=C(NCc1ccccc1Br)[C@@H]1CCCN(C(=O)N2CCOc3ccccc32)C1. The minimum Gasteiger partial charge on any atom is -0.490 e. The normalized spacial score (nSPS) is 18.6. The molecule has 2 heterocycles. The number of hydrogen-bond donors (Lipinski definition) is 1. The third-order valence-corrected chi connectivity index (χ3v) is 6.21. The number of ether oxygens (including phenoxy) is 1. The van der Waals surface area contributed by atoms with E-state index in [1.54, 1.807) is 9.80 Å². The standard InChI is InChI=1S/C22H24BrN3O3/c23-18-8-2-1-6-16(18)14-24-21(27)17-7-5-11-25(15-17)22(28)26-12-13-29-20-10-4-3-9-19(20)26/h1-4,6,8-10,17H,5,7,11-15H2,(H,24,27)/t17-/m1/s1. The zero-order valence-electron chi connectivity index (χ0n) is 16.1. The first-order valence-corrected chi connectivity index (χ1v) is 10.7. The summed E-state index contributed by atoms with van der Waals surface area (Å²) in [5.74, 6) is 0.541. The summed E-state index contributed by atoms with van der Waals surface area (Å²) in [4.78, 5) is 29.5. The Morgan fingerprint density at radius 2 is 1.90 bits per heavy atom. The van der Waals surface area contributed by atoms with E-state index in [2.05, 4.69) is 21.2 Å². The summed E-state index contributed by atoms with van der Waals surface area (Å²) < 4.78 is 6.63. The lowest BCUT2D eigenvalue weighted by atomic mass is 9.97. The van der Waals surface area contributed by atoms with Gasteiger partial charge in [0.1, 0.15) is 12.4 Å². The second kappa shape index (κ2) is 8.86. The Morgan fingerprint density at radius 3 is 2.76 bits per heavy atom. The molecule has 1 N–H and O–H groups in total. The van der Waals surface area contributed by atoms with Crippen LogP contribution >= 0.6 is 15.9 Å². The maximum Gasteiger partial charge on any atom is 0.324 e. The highest BCUT2D eigenvalue weighted by Crippen LogP contribution is 2.32. The van der Waals surface area contributed by atoms with E-state index in [0.717, 1.165) is 34.3 Å². The van der Waals surface area contributed by atoms with Gasteiger partial charge in [0, 0.05) is 24.1 Å². The molecule has 0 bridgehead atoms. The van der Waals surface area contributed by atoms with E-state index in [-0.39, 0.29) is 17.9 Å². The second-order valence-electron chi connectivity index (χ2n) is 7.34. The first kappa shape index (κ1) is 19.8. The second-order valence-corrected chi connectivity index (χ2v) is 8.20. The van der Waals surface area contributed by atoms with Crippen LogP contribution < -0.4 is 15.0 Å². The van der Waals surface area contributed by atoms with Crippen molar-refractivity contribution in [2.45, 2.75) is 19.4 Å². The minimum atomic E-state index is -0.188. The van der Waals surface area contributed by atoms with E-state index >= 15 is 0 Å². The number of carbonyl (C=O) groups is 2. The summed E-state index contributed by atoms with van der Waals surface area (Å²) in [7, 11) is 0. The third-order valence-electron chi connectivity index (χ3n) is 5.43. The van der Waals surface area contributed by atoms with Crippen molar-refractivity contribution >= 4 is 33.6 Å². The number of nitrogens with one attached hydrogen (secondary N) is 1. The largest absolute Gasteiger partial charge is 0.490 e. The van der Waals surface area contributed by atoms with Gasteiger partial charge in [-0.3, -0.25) is 9.69 Å². The molecule has 2 aromatic carbocycles. The lowest BCUT2D eigenvalue weighted by Gasteiger charge is -2.37. The van der Waals surface area contributed by atoms with Crippen LogP contribution in [0.2, 0.25) is 0 Å². The van der Waals surface area contributed by atoms with Crippen molar-refractivity contribution in [2.75, 3.05) is 31.1 Å². The van der Waals surface area contributed by atoms with Crippen LogP contribution in [0, 0.1) is 5.92 Å². The molecular weight excluding hydrogens is 434 g/mol. The number of amides is 3. The Morgan fingerprint density at radius 1 is 1.10 bits per heavy atom. The highest BCUT2D eigenvalue weighted by atomic mass is 79.9. The Labute approximate surface area is 178 Å². The van der Waals surface area contributed by atoms with Crippen LogP contribution in [0.3, 0.4) is 0 Å². The van der Waals surface area contributed by atoms with E-state index in [1.807, 2.05) is 48.5 Å². The summed E-state index contributed by atoms with van der Waals surface area (Å²) in [5, 5.41) is 3.02. The Bertz CT molecular complexity index is 904. The minimum absolute atomic E-state index is 0.000584. The van der Waals surface area contributed by atoms with Gasteiger partial charge in [-0.15, -0.1) is 0 Å². The van der Waals surface area contributed by atoms with Crippen molar-refractivity contribution in [1.29, 1.82) is 0 Å². The molecule has 0 aromatic heterocycles. The van der Waals surface area contributed by atoms with Crippen LogP contribution in [0.15, 0.2) is 53.0 Å². The Balaban J connectivity index is 1.39. The summed E-state index contributed by atoms with van der Waals surface area (Å²) in [6, 6.07) is 15.4. The summed E-state index contributed by atoms with van der Waals surface area (Å²) in [6.45, 7) is 2.59. The summed E-state index contributed by atoms with van der Waals surface area (Å²) in [6.07, 6.45) is 1.62. The van der Waals surface area contributed by atoms with Crippen molar-refractivity contribution < 1.29 is 14.3 Å². The van der Waals surface area contributed by atoms with Gasteiger partial charge in [0.05, 0.1) is 18.2 Å². The molecule has 0 saturated carbocycles. The zero-order chi connectivity index (χ0) is 20.2. The first-order chi connectivity index (χ1) is 14.1. The highest BCUT2D eigenvalue weighted by Gasteiger charge is 2.33. The lowest BCUT2D eigenvalue weighted by molar-refractivity contribution is -0.126. The molecule has 0 spiro atoms. The number of halogens is 1. The van der Waals surface area contributed by atoms with E-state index < -0.39 is 0 Å². The summed E-state index contributed by atoms with van der Waals surface area (Å²) in [5.41, 5.74) is 1.83. The molecule has 6 nitrogen and oxygen atoms in total. The predicted molar refractivity (Wildman–Crippen MR) is 115 cm³/mol. The number of benzene rings is 2. The van der Waals surface area contributed by atoms with E-state index in [0.29, 0.717) is 32.8 Å². The number of anilines is 1. The molecule has 3 amide bonds. The Kier molecular flexibility index (Phi) is 6.04. The lowest BCUT2D eigenvalue weighted by Crippen LogP contribution is -2.52. The van der Waals surface area contributed by atoms with Crippen LogP contribution in [0.1, 0.15) is 18.4 Å². The number of carbonyl (C=O) groups excluding carboxylic acids is 2. The average molecular weight is 458 g/mol. The van der Waals surface area contributed by atoms with Gasteiger partial charge < -0.3 is 15.0 Å². The summed E-state index contributed by atoms with van der Waals surface area (Å²) >= 11 is 3.51. The molecule has 1 fully saturated rings. The highest BCUT2D eigenvalue weighted by molar-refractivity contribution is 9.10. The number of fused-ring (bicyclic) bond motifs is 1. The molecule has 0 unspecified atom stereocenters. The van der Waals surface area contributed by atoms with Crippen molar-refractivity contribution in [1.82, 2.24) is 10.2 Å². The number of nitrogens with zero attached hydrogens (tertiary/aromatic N) is 2. The van der Waals surface area contributed by atoms with E-state index in [1.165, 1.54) is 0 Å². The van der Waals surface area contributed by atoms with Crippen LogP contribution in [0.5, 0.6) is 5.75 Å². The van der Waals surface area contributed by atoms with Gasteiger partial charge in [0.15, 0.2) is 0 Å². The van der Waals surface area contributed by atoms with Gasteiger partial charge in [0.2, 0.25) is 5.91 Å². The molecular formula is C22H24BrN3O3. The molecule has 1 atom stereocenters. The van der Waals surface area contributed by atoms with Crippen LogP contribution in [-0.2, 0) is 11.3 Å². The number of hydrogen-bond acceptors (Lipinski definition) is 3. The molecule has 29 heavy (non-hydrogen) atoms. The molecule has 152 valence electrons. The van der Waals surface area contributed by atoms with Crippen molar-refractivity contribution in [3.05, 3.63) is 58.6 Å². The topological polar surface area (TPSA) is 61.9 Å². The Hall–Kier alpha value is -2.54. The monoisotopic (exact) mass is 457 g/mol. The smallest absolute Gasteiger partial charge is 0.324 e. The van der Waals surface area contributed by atoms with E-state index in [4.69, 9.17) is 4.74 Å². The maximum absolute atomic E-state index is 13.2. The van der Waals surface area contributed by atoms with Crippen LogP contribution in [-0.4, -0.2) is 43.1 Å². The van der Waals surface area contributed by atoms with Crippen molar-refractivity contribution in [3.63, 3.8) is 0 Å². The fourth-order valence-corrected chi connectivity index (χ4v) is 4.30. The quantitative estimate of drug-likeness (QED) is 0.762. The number of likely N-dealkylation sites (tertiary alicyclic amines) is 1. The van der Waals surface area contributed by atoms with Gasteiger partial charge in [-0.25, -0.2) is 4.79 Å². The molecule has 2 aliphatic rings. The average Bonchev–Trinajstić information content (AvgIpc) is 2.77. The molecule has 0 radical (unpaired) electrons. The number of rotatable bonds is 3. The van der Waals surface area contributed by atoms with Crippen LogP contribution in [0.25, 0.3) is 0 Å². The number of para-hydroxylation sites is 2. The zero-order valence-corrected chi connectivity index (χ0v) is 17.7. The fraction of sp³-hybridized carbons (Fsp3) is 0.364. The predicted octanol–water partition coefficient (Wildman–Crippen LogP) is 3.80. The van der Waals surface area contributed by atoms with Crippen LogP contribution in [0.4, 0.5) is 10.5 Å². The van der Waals surface area contributed by atoms with Gasteiger partial charge in [-0.05, 0) is 36.6 Å². The molecule has 4 rings (SSSR count). The number of urea groups is 1. The van der Waals surface area contributed by atoms with Gasteiger partial charge in [0.25, 0.3) is 0 Å². The number of piperidine rings is 1. The van der Waals surface area contributed by atoms with E-state index in [9.17, 15) is 9.59 Å². The molecule has 2 aromatic rings. The molecule has 1 saturated heterocycles. The first-order valence-electron chi connectivity index (χ1n) is 9.93. The fourth-order valence-electron chi connectivity index (χ4n) is 3.87. The molecule has 0 aliphatic carbocycles. The van der Waals surface area contributed by atoms with Crippen molar-refractivity contribution in [2.24, 2.45) is 5.92 Å². The third kappa shape index (κ3) is 4.40. The van der Waals surface area contributed by atoms with Gasteiger partial charge in [-0.1, -0.05) is 46.3 Å². The van der Waals surface area contributed by atoms with Gasteiger partial charge >= 0.3 is 6.03 Å². The van der Waals surface area contributed by atoms with Gasteiger partial charge in [-0.2, -0.15) is 0 Å². The molecule has 7 heteroatoms. The maximum atomic E-state index is 13.2.